The van der Waals surface area contributed by atoms with E-state index in [0.717, 1.165) is 0 Å². The van der Waals surface area contributed by atoms with E-state index in [-0.39, 0.29) is 12.1 Å². The van der Waals surface area contributed by atoms with Crippen LogP contribution in [-0.2, 0) is 16.0 Å². The molecule has 0 spiro atoms. The van der Waals surface area contributed by atoms with Crippen molar-refractivity contribution in [3.05, 3.63) is 68.7 Å². The van der Waals surface area contributed by atoms with Gasteiger partial charge in [0.25, 0.3) is 11.6 Å². The Labute approximate surface area is 147 Å². The maximum atomic E-state index is 12.6. The highest BCUT2D eigenvalue weighted by Crippen LogP contribution is 2.31. The number of esters is 1. The van der Waals surface area contributed by atoms with Gasteiger partial charge in [0.05, 0.1) is 10.5 Å². The van der Waals surface area contributed by atoms with E-state index in [4.69, 9.17) is 16.3 Å². The molecule has 0 bridgehead atoms. The number of hydrogen-bond donors (Lipinski definition) is 1. The number of ether oxygens (including phenoxy) is 1. The number of benzene rings is 2. The molecule has 0 fully saturated rings. The van der Waals surface area contributed by atoms with Crippen molar-refractivity contribution in [3.8, 4) is 0 Å². The normalized spacial score (nSPS) is 18.9. The van der Waals surface area contributed by atoms with E-state index in [1.807, 2.05) is 0 Å². The SMILES string of the molecule is CC1(C(=O)Nc2ccc([N+](=O)[O-])cc2)Cc2cc(Cl)ccc2C(=O)O1. The number of carbonyl (C=O) groups is 2. The quantitative estimate of drug-likeness (QED) is 0.514. The minimum absolute atomic E-state index is 0.0862. The molecule has 3 rings (SSSR count). The van der Waals surface area contributed by atoms with E-state index in [2.05, 4.69) is 5.32 Å². The summed E-state index contributed by atoms with van der Waals surface area (Å²) in [5.74, 6) is -1.13. The highest BCUT2D eigenvalue weighted by atomic mass is 35.5. The van der Waals surface area contributed by atoms with Crippen molar-refractivity contribution < 1.29 is 19.2 Å². The molecule has 2 aromatic rings. The van der Waals surface area contributed by atoms with E-state index in [1.165, 1.54) is 31.2 Å². The summed E-state index contributed by atoms with van der Waals surface area (Å²) < 4.78 is 5.33. The van der Waals surface area contributed by atoms with Crippen molar-refractivity contribution in [2.75, 3.05) is 5.32 Å². The zero-order chi connectivity index (χ0) is 18.2. The molecule has 0 aliphatic carbocycles. The van der Waals surface area contributed by atoms with Gasteiger partial charge in [-0.25, -0.2) is 4.79 Å². The van der Waals surface area contributed by atoms with Crippen LogP contribution < -0.4 is 5.32 Å². The number of nitro groups is 1. The van der Waals surface area contributed by atoms with Crippen molar-refractivity contribution >= 4 is 34.9 Å². The van der Waals surface area contributed by atoms with Gasteiger partial charge in [-0.15, -0.1) is 0 Å². The molecule has 0 saturated heterocycles. The molecule has 0 aromatic heterocycles. The van der Waals surface area contributed by atoms with Gasteiger partial charge in [-0.1, -0.05) is 11.6 Å². The number of nitrogens with zero attached hydrogens (tertiary/aromatic N) is 1. The van der Waals surface area contributed by atoms with Crippen LogP contribution in [0.4, 0.5) is 11.4 Å². The van der Waals surface area contributed by atoms with Gasteiger partial charge in [-0.05, 0) is 42.8 Å². The van der Waals surface area contributed by atoms with E-state index in [0.29, 0.717) is 21.8 Å². The Morgan fingerprint density at radius 1 is 1.28 bits per heavy atom. The molecule has 128 valence electrons. The van der Waals surface area contributed by atoms with E-state index < -0.39 is 22.4 Å². The van der Waals surface area contributed by atoms with Gasteiger partial charge < -0.3 is 10.1 Å². The van der Waals surface area contributed by atoms with Gasteiger partial charge >= 0.3 is 5.97 Å². The van der Waals surface area contributed by atoms with Crippen LogP contribution in [0.3, 0.4) is 0 Å². The minimum Gasteiger partial charge on any atom is -0.445 e. The Bertz CT molecular complexity index is 881. The lowest BCUT2D eigenvalue weighted by Gasteiger charge is -2.33. The summed E-state index contributed by atoms with van der Waals surface area (Å²) in [6, 6.07) is 10.2. The number of rotatable bonds is 3. The Morgan fingerprint density at radius 3 is 2.60 bits per heavy atom. The van der Waals surface area contributed by atoms with Crippen LogP contribution in [0.5, 0.6) is 0 Å². The largest absolute Gasteiger partial charge is 0.445 e. The lowest BCUT2D eigenvalue weighted by molar-refractivity contribution is -0.384. The minimum atomic E-state index is -1.41. The average Bonchev–Trinajstić information content (AvgIpc) is 2.54. The molecule has 1 amide bonds. The predicted molar refractivity (Wildman–Crippen MR) is 90.7 cm³/mol. The van der Waals surface area contributed by atoms with E-state index >= 15 is 0 Å². The molecule has 1 aliphatic heterocycles. The molecule has 1 heterocycles. The molecular formula is C17H13ClN2O5. The molecule has 1 atom stereocenters. The van der Waals surface area contributed by atoms with Gasteiger partial charge in [0.15, 0.2) is 5.60 Å². The van der Waals surface area contributed by atoms with Gasteiger partial charge in [0.1, 0.15) is 0 Å². The maximum Gasteiger partial charge on any atom is 0.339 e. The summed E-state index contributed by atoms with van der Waals surface area (Å²) in [5, 5.41) is 13.7. The molecule has 8 heteroatoms. The lowest BCUT2D eigenvalue weighted by Crippen LogP contribution is -2.48. The summed E-state index contributed by atoms with van der Waals surface area (Å²) >= 11 is 5.96. The number of halogens is 1. The number of carbonyl (C=O) groups excluding carboxylic acids is 2. The van der Waals surface area contributed by atoms with Crippen LogP contribution >= 0.6 is 11.6 Å². The number of cyclic esters (lactones) is 1. The zero-order valence-electron chi connectivity index (χ0n) is 13.1. The van der Waals surface area contributed by atoms with Gasteiger partial charge in [0.2, 0.25) is 0 Å². The number of nitrogens with one attached hydrogen (secondary N) is 1. The first-order valence-corrected chi connectivity index (χ1v) is 7.74. The number of amides is 1. The monoisotopic (exact) mass is 360 g/mol. The second-order valence-electron chi connectivity index (χ2n) is 5.86. The van der Waals surface area contributed by atoms with Crippen molar-refractivity contribution in [1.29, 1.82) is 0 Å². The number of anilines is 1. The summed E-state index contributed by atoms with van der Waals surface area (Å²) in [4.78, 5) is 34.9. The molecule has 2 aromatic carbocycles. The summed E-state index contributed by atoms with van der Waals surface area (Å²) in [7, 11) is 0. The molecule has 0 radical (unpaired) electrons. The topological polar surface area (TPSA) is 98.5 Å². The number of nitro benzene ring substituents is 1. The summed E-state index contributed by atoms with van der Waals surface area (Å²) in [5.41, 5.74) is -0.118. The van der Waals surface area contributed by atoms with Crippen molar-refractivity contribution in [3.63, 3.8) is 0 Å². The van der Waals surface area contributed by atoms with Crippen LogP contribution in [0.1, 0.15) is 22.8 Å². The predicted octanol–water partition coefficient (Wildman–Crippen LogP) is 3.36. The first kappa shape index (κ1) is 16.9. The van der Waals surface area contributed by atoms with Gasteiger partial charge in [0, 0.05) is 29.3 Å². The third kappa shape index (κ3) is 3.32. The molecule has 25 heavy (non-hydrogen) atoms. The molecule has 0 saturated carbocycles. The Balaban J connectivity index is 1.82. The van der Waals surface area contributed by atoms with Crippen LogP contribution in [0.2, 0.25) is 5.02 Å². The van der Waals surface area contributed by atoms with E-state index in [1.54, 1.807) is 18.2 Å². The Hall–Kier alpha value is -2.93. The zero-order valence-corrected chi connectivity index (χ0v) is 13.9. The first-order chi connectivity index (χ1) is 11.8. The first-order valence-electron chi connectivity index (χ1n) is 7.36. The third-order valence-corrected chi connectivity index (χ3v) is 4.18. The van der Waals surface area contributed by atoms with Crippen LogP contribution in [0.25, 0.3) is 0 Å². The third-order valence-electron chi connectivity index (χ3n) is 3.95. The maximum absolute atomic E-state index is 12.6. The van der Waals surface area contributed by atoms with E-state index in [9.17, 15) is 19.7 Å². The van der Waals surface area contributed by atoms with Crippen LogP contribution in [-0.4, -0.2) is 22.4 Å². The molecule has 1 unspecified atom stereocenters. The fourth-order valence-corrected chi connectivity index (χ4v) is 2.82. The van der Waals surface area contributed by atoms with Gasteiger partial charge in [-0.2, -0.15) is 0 Å². The fraction of sp³-hybridized carbons (Fsp3) is 0.176. The lowest BCUT2D eigenvalue weighted by atomic mass is 9.89. The molecule has 1 N–H and O–H groups in total. The Kier molecular flexibility index (Phi) is 4.18. The van der Waals surface area contributed by atoms with Crippen LogP contribution in [0, 0.1) is 10.1 Å². The Morgan fingerprint density at radius 2 is 1.96 bits per heavy atom. The molecule has 7 nitrogen and oxygen atoms in total. The van der Waals surface area contributed by atoms with Gasteiger partial charge in [-0.3, -0.25) is 14.9 Å². The number of non-ortho nitro benzene ring substituents is 1. The highest BCUT2D eigenvalue weighted by Gasteiger charge is 2.42. The average molecular weight is 361 g/mol. The fourth-order valence-electron chi connectivity index (χ4n) is 2.62. The number of hydrogen-bond acceptors (Lipinski definition) is 5. The second kappa shape index (κ2) is 6.18. The number of fused-ring (bicyclic) bond motifs is 1. The van der Waals surface area contributed by atoms with Crippen molar-refractivity contribution in [2.24, 2.45) is 0 Å². The summed E-state index contributed by atoms with van der Waals surface area (Å²) in [6.45, 7) is 1.51. The molecular weight excluding hydrogens is 348 g/mol. The standard InChI is InChI=1S/C17H13ClN2O5/c1-17(9-10-8-11(18)2-7-14(10)15(21)25-17)16(22)19-12-3-5-13(6-4-12)20(23)24/h2-8H,9H2,1H3,(H,19,22). The second-order valence-corrected chi connectivity index (χ2v) is 6.29. The highest BCUT2D eigenvalue weighted by molar-refractivity contribution is 6.30. The van der Waals surface area contributed by atoms with Crippen LogP contribution in [0.15, 0.2) is 42.5 Å². The smallest absolute Gasteiger partial charge is 0.339 e. The van der Waals surface area contributed by atoms with Crippen molar-refractivity contribution in [1.82, 2.24) is 0 Å². The summed E-state index contributed by atoms with van der Waals surface area (Å²) in [6.07, 6.45) is 0.174. The molecule has 1 aliphatic rings. The van der Waals surface area contributed by atoms with Crippen molar-refractivity contribution in [2.45, 2.75) is 18.9 Å².